The van der Waals surface area contributed by atoms with Crippen molar-refractivity contribution in [3.05, 3.63) is 24.0 Å². The zero-order valence-electron chi connectivity index (χ0n) is 11.1. The molecule has 0 spiro atoms. The Balaban J connectivity index is 1.97. The smallest absolute Gasteiger partial charge is 0.253 e. The molecule has 4 nitrogen and oxygen atoms in total. The Morgan fingerprint density at radius 2 is 2.33 bits per heavy atom. The number of carbonyl (C=O) groups excluding carboxylic acids is 1. The van der Waals surface area contributed by atoms with Crippen LogP contribution in [0.1, 0.15) is 43.5 Å². The number of carbonyl (C=O) groups is 1. The van der Waals surface area contributed by atoms with E-state index in [1.807, 2.05) is 6.92 Å². The van der Waals surface area contributed by atoms with Gasteiger partial charge in [-0.2, -0.15) is 0 Å². The lowest BCUT2D eigenvalue weighted by atomic mass is 10.2. The molecule has 98 valence electrons. The first-order valence-corrected chi connectivity index (χ1v) is 6.75. The first-order chi connectivity index (χ1) is 8.76. The molecule has 1 heterocycles. The van der Waals surface area contributed by atoms with Crippen molar-refractivity contribution in [3.8, 4) is 0 Å². The van der Waals surface area contributed by atoms with Gasteiger partial charge in [0.25, 0.3) is 5.91 Å². The first kappa shape index (κ1) is 12.9. The molecule has 2 unspecified atom stereocenters. The van der Waals surface area contributed by atoms with Gasteiger partial charge in [0.1, 0.15) is 0 Å². The zero-order chi connectivity index (χ0) is 13.0. The van der Waals surface area contributed by atoms with Gasteiger partial charge in [0.15, 0.2) is 0 Å². The molecule has 2 atom stereocenters. The van der Waals surface area contributed by atoms with Crippen LogP contribution in [0.5, 0.6) is 0 Å². The van der Waals surface area contributed by atoms with Gasteiger partial charge in [-0.25, -0.2) is 0 Å². The van der Waals surface area contributed by atoms with Crippen molar-refractivity contribution in [1.29, 1.82) is 0 Å². The fraction of sp³-hybridized carbons (Fsp3) is 0.571. The topological polar surface area (TPSA) is 54.0 Å². The largest absolute Gasteiger partial charge is 0.383 e. The average Bonchev–Trinajstić information content (AvgIpc) is 3.09. The van der Waals surface area contributed by atoms with Crippen LogP contribution in [0.2, 0.25) is 0 Å². The van der Waals surface area contributed by atoms with Crippen molar-refractivity contribution >= 4 is 11.6 Å². The lowest BCUT2D eigenvalue weighted by Crippen LogP contribution is -2.27. The van der Waals surface area contributed by atoms with E-state index in [1.54, 1.807) is 18.5 Å². The van der Waals surface area contributed by atoms with Crippen LogP contribution in [-0.4, -0.2) is 23.5 Å². The molecule has 0 bridgehead atoms. The second kappa shape index (κ2) is 5.85. The fourth-order valence-electron chi connectivity index (χ4n) is 2.28. The molecule has 1 aliphatic carbocycles. The summed E-state index contributed by atoms with van der Waals surface area (Å²) in [5.41, 5.74) is 1.50. The van der Waals surface area contributed by atoms with E-state index in [2.05, 4.69) is 22.5 Å². The predicted octanol–water partition coefficient (Wildman–Crippen LogP) is 2.43. The van der Waals surface area contributed by atoms with Crippen LogP contribution >= 0.6 is 0 Å². The number of nitrogens with zero attached hydrogens (tertiary/aromatic N) is 1. The van der Waals surface area contributed by atoms with Crippen molar-refractivity contribution in [2.45, 2.75) is 39.2 Å². The summed E-state index contributed by atoms with van der Waals surface area (Å²) in [5, 5.41) is 6.26. The summed E-state index contributed by atoms with van der Waals surface area (Å²) >= 11 is 0. The van der Waals surface area contributed by atoms with Crippen molar-refractivity contribution in [2.75, 3.05) is 11.9 Å². The van der Waals surface area contributed by atoms with E-state index >= 15 is 0 Å². The minimum atomic E-state index is 0.0111. The van der Waals surface area contributed by atoms with Gasteiger partial charge in [0.05, 0.1) is 17.4 Å². The number of nitrogens with one attached hydrogen (secondary N) is 2. The molecule has 1 amide bonds. The highest BCUT2D eigenvalue weighted by atomic mass is 16.1. The highest BCUT2D eigenvalue weighted by Crippen LogP contribution is 2.34. The highest BCUT2D eigenvalue weighted by Gasteiger charge is 2.37. The molecule has 1 aliphatic rings. The predicted molar refractivity (Wildman–Crippen MR) is 72.7 cm³/mol. The fourth-order valence-corrected chi connectivity index (χ4v) is 2.28. The van der Waals surface area contributed by atoms with Gasteiger partial charge >= 0.3 is 0 Å². The molecule has 4 heteroatoms. The van der Waals surface area contributed by atoms with E-state index in [0.717, 1.165) is 18.7 Å². The summed E-state index contributed by atoms with van der Waals surface area (Å²) < 4.78 is 0. The van der Waals surface area contributed by atoms with Crippen LogP contribution in [0.3, 0.4) is 0 Å². The Bertz CT molecular complexity index is 419. The van der Waals surface area contributed by atoms with Crippen molar-refractivity contribution in [2.24, 2.45) is 5.92 Å². The van der Waals surface area contributed by atoms with Gasteiger partial charge in [-0.1, -0.05) is 13.3 Å². The van der Waals surface area contributed by atoms with Gasteiger partial charge in [-0.05, 0) is 31.7 Å². The minimum Gasteiger partial charge on any atom is -0.383 e. The number of hydrogen-bond donors (Lipinski definition) is 2. The summed E-state index contributed by atoms with van der Waals surface area (Å²) in [6.45, 7) is 4.98. The molecule has 18 heavy (non-hydrogen) atoms. The Hall–Kier alpha value is -1.58. The van der Waals surface area contributed by atoms with Crippen LogP contribution in [0.25, 0.3) is 0 Å². The quantitative estimate of drug-likeness (QED) is 0.811. The third kappa shape index (κ3) is 3.00. The molecule has 0 saturated heterocycles. The molecule has 2 rings (SSSR count). The molecule has 0 aliphatic heterocycles. The van der Waals surface area contributed by atoms with E-state index in [0.29, 0.717) is 17.5 Å². The molecular formula is C14H21N3O. The monoisotopic (exact) mass is 247 g/mol. The molecule has 1 saturated carbocycles. The molecule has 1 fully saturated rings. The third-order valence-corrected chi connectivity index (χ3v) is 3.33. The van der Waals surface area contributed by atoms with E-state index in [4.69, 9.17) is 0 Å². The SMILES string of the molecule is CCCC1CC1NC(=O)c1ccncc1NCC. The molecule has 0 aromatic carbocycles. The van der Waals surface area contributed by atoms with Gasteiger partial charge in [-0.3, -0.25) is 9.78 Å². The van der Waals surface area contributed by atoms with E-state index in [1.165, 1.54) is 12.8 Å². The van der Waals surface area contributed by atoms with Crippen LogP contribution in [0, 0.1) is 5.92 Å². The number of rotatable bonds is 6. The summed E-state index contributed by atoms with van der Waals surface area (Å²) in [7, 11) is 0. The number of pyridine rings is 1. The second-order valence-corrected chi connectivity index (χ2v) is 4.82. The van der Waals surface area contributed by atoms with Crippen LogP contribution in [0.15, 0.2) is 18.5 Å². The maximum atomic E-state index is 12.2. The second-order valence-electron chi connectivity index (χ2n) is 4.82. The first-order valence-electron chi connectivity index (χ1n) is 6.75. The van der Waals surface area contributed by atoms with Crippen LogP contribution in [-0.2, 0) is 0 Å². The highest BCUT2D eigenvalue weighted by molar-refractivity contribution is 5.99. The number of aromatic nitrogens is 1. The molecular weight excluding hydrogens is 226 g/mol. The Labute approximate surface area is 108 Å². The van der Waals surface area contributed by atoms with Crippen molar-refractivity contribution in [3.63, 3.8) is 0 Å². The molecule has 1 aromatic heterocycles. The summed E-state index contributed by atoms with van der Waals surface area (Å²) in [6, 6.07) is 2.14. The Kier molecular flexibility index (Phi) is 4.18. The van der Waals surface area contributed by atoms with E-state index < -0.39 is 0 Å². The van der Waals surface area contributed by atoms with Crippen LogP contribution in [0.4, 0.5) is 5.69 Å². The van der Waals surface area contributed by atoms with Crippen molar-refractivity contribution in [1.82, 2.24) is 10.3 Å². The van der Waals surface area contributed by atoms with Gasteiger partial charge in [0, 0.05) is 18.8 Å². The molecule has 0 radical (unpaired) electrons. The summed E-state index contributed by atoms with van der Waals surface area (Å²) in [4.78, 5) is 16.2. The standard InChI is InChI=1S/C14H21N3O/c1-3-5-10-8-12(10)17-14(18)11-6-7-15-9-13(11)16-4-2/h6-7,9-10,12,16H,3-5,8H2,1-2H3,(H,17,18). The lowest BCUT2D eigenvalue weighted by molar-refractivity contribution is 0.0949. The number of amides is 1. The van der Waals surface area contributed by atoms with E-state index in [9.17, 15) is 4.79 Å². The van der Waals surface area contributed by atoms with E-state index in [-0.39, 0.29) is 5.91 Å². The Morgan fingerprint density at radius 3 is 3.06 bits per heavy atom. The Morgan fingerprint density at radius 1 is 1.50 bits per heavy atom. The van der Waals surface area contributed by atoms with Crippen molar-refractivity contribution < 1.29 is 4.79 Å². The lowest BCUT2D eigenvalue weighted by Gasteiger charge is -2.10. The molecule has 2 N–H and O–H groups in total. The number of hydrogen-bond acceptors (Lipinski definition) is 3. The van der Waals surface area contributed by atoms with Gasteiger partial charge in [0.2, 0.25) is 0 Å². The maximum absolute atomic E-state index is 12.2. The third-order valence-electron chi connectivity index (χ3n) is 3.33. The summed E-state index contributed by atoms with van der Waals surface area (Å²) in [5.74, 6) is 0.695. The summed E-state index contributed by atoms with van der Waals surface area (Å²) in [6.07, 6.45) is 6.89. The molecule has 1 aromatic rings. The average molecular weight is 247 g/mol. The van der Waals surface area contributed by atoms with Crippen LogP contribution < -0.4 is 10.6 Å². The maximum Gasteiger partial charge on any atom is 0.253 e. The normalized spacial score (nSPS) is 21.4. The van der Waals surface area contributed by atoms with Gasteiger partial charge in [-0.15, -0.1) is 0 Å². The number of anilines is 1. The minimum absolute atomic E-state index is 0.0111. The zero-order valence-corrected chi connectivity index (χ0v) is 11.1. The van der Waals surface area contributed by atoms with Gasteiger partial charge < -0.3 is 10.6 Å².